The summed E-state index contributed by atoms with van der Waals surface area (Å²) in [4.78, 5) is 19.5. The third-order valence-corrected chi connectivity index (χ3v) is 9.56. The van der Waals surface area contributed by atoms with Crippen LogP contribution in [0.3, 0.4) is 0 Å². The molecule has 190 valence electrons. The Bertz CT molecular complexity index is 1550. The molecule has 2 aromatic carbocycles. The van der Waals surface area contributed by atoms with E-state index in [0.717, 1.165) is 42.8 Å². The van der Waals surface area contributed by atoms with E-state index >= 15 is 0 Å². The number of rotatable bonds is 7. The van der Waals surface area contributed by atoms with E-state index in [0.29, 0.717) is 0 Å². The number of benzene rings is 2. The van der Waals surface area contributed by atoms with Crippen molar-refractivity contribution in [2.24, 2.45) is 0 Å². The third kappa shape index (κ3) is 4.54. The van der Waals surface area contributed by atoms with Gasteiger partial charge in [-0.3, -0.25) is 9.47 Å². The Morgan fingerprint density at radius 3 is 2.54 bits per heavy atom. The lowest BCUT2D eigenvalue weighted by Crippen LogP contribution is -2.40. The summed E-state index contributed by atoms with van der Waals surface area (Å²) >= 11 is 3.56. The summed E-state index contributed by atoms with van der Waals surface area (Å²) in [5, 5.41) is 13.1. The first kappa shape index (κ1) is 24.1. The number of thiophene rings is 1. The molecule has 1 aliphatic heterocycles. The predicted octanol–water partition coefficient (Wildman–Crippen LogP) is 5.14. The molecule has 1 unspecified atom stereocenters. The fourth-order valence-electron chi connectivity index (χ4n) is 5.43. The molecule has 0 bridgehead atoms. The molecule has 1 N–H and O–H groups in total. The highest BCUT2D eigenvalue weighted by Gasteiger charge is 2.34. The number of thioether (sulfide) groups is 1. The number of imidazole rings is 1. The van der Waals surface area contributed by atoms with Crippen molar-refractivity contribution in [2.45, 2.75) is 42.1 Å². The smallest absolute Gasteiger partial charge is 0.306 e. The van der Waals surface area contributed by atoms with Crippen molar-refractivity contribution >= 4 is 34.1 Å². The Morgan fingerprint density at radius 2 is 1.78 bits per heavy atom. The van der Waals surface area contributed by atoms with Crippen LogP contribution in [0.15, 0.2) is 75.7 Å². The Balaban J connectivity index is 1.32. The van der Waals surface area contributed by atoms with E-state index in [4.69, 9.17) is 0 Å². The Kier molecular flexibility index (Phi) is 6.71. The van der Waals surface area contributed by atoms with Gasteiger partial charge in [0.1, 0.15) is 6.04 Å². The molecule has 1 aliphatic rings. The summed E-state index contributed by atoms with van der Waals surface area (Å²) in [6.45, 7) is 3.84. The first-order valence-electron chi connectivity index (χ1n) is 12.5. The number of piperidine rings is 1. The molecule has 0 radical (unpaired) electrons. The van der Waals surface area contributed by atoms with Crippen molar-refractivity contribution in [1.82, 2.24) is 34.7 Å². The summed E-state index contributed by atoms with van der Waals surface area (Å²) in [7, 11) is 0. The van der Waals surface area contributed by atoms with Crippen molar-refractivity contribution < 1.29 is 0 Å². The number of hydrogen-bond acceptors (Lipinski definition) is 7. The van der Waals surface area contributed by atoms with Crippen LogP contribution in [0, 0.1) is 0 Å². The first-order chi connectivity index (χ1) is 18.1. The van der Waals surface area contributed by atoms with Crippen LogP contribution in [0.1, 0.15) is 54.2 Å². The molecular formula is C27H29N7OS2. The summed E-state index contributed by atoms with van der Waals surface area (Å²) in [5.74, 6) is 0.855. The summed E-state index contributed by atoms with van der Waals surface area (Å²) in [6, 6.07) is 22.8. The molecule has 0 aliphatic carbocycles. The minimum atomic E-state index is -0.0484. The number of aromatic nitrogens is 6. The molecule has 0 saturated carbocycles. The zero-order valence-electron chi connectivity index (χ0n) is 20.8. The lowest BCUT2D eigenvalue weighted by atomic mass is 10.0. The number of H-pyrrole nitrogens is 1. The minimum absolute atomic E-state index is 0.0102. The van der Waals surface area contributed by atoms with Gasteiger partial charge in [-0.15, -0.1) is 28.2 Å². The summed E-state index contributed by atoms with van der Waals surface area (Å²) in [5.41, 5.74) is 3.01. The van der Waals surface area contributed by atoms with E-state index in [1.807, 2.05) is 39.6 Å². The fraction of sp³-hybridized carbons (Fsp3) is 0.333. The van der Waals surface area contributed by atoms with Gasteiger partial charge in [-0.2, -0.15) is 0 Å². The van der Waals surface area contributed by atoms with E-state index in [1.54, 1.807) is 23.1 Å². The lowest BCUT2D eigenvalue weighted by molar-refractivity contribution is 0.147. The normalized spacial score (nSPS) is 16.8. The molecule has 0 spiro atoms. The zero-order valence-corrected chi connectivity index (χ0v) is 22.5. The maximum atomic E-state index is 12.8. The van der Waals surface area contributed by atoms with Gasteiger partial charge in [-0.25, -0.2) is 9.48 Å². The highest BCUT2D eigenvalue weighted by Crippen LogP contribution is 2.39. The van der Waals surface area contributed by atoms with E-state index < -0.39 is 0 Å². The van der Waals surface area contributed by atoms with E-state index in [1.165, 1.54) is 14.6 Å². The standard InChI is InChI=1S/C27H29N7OS2/c1-18(19-8-4-3-5-9-19)34-26(29-30-31-34)25(23-12-13-24(36-2)37-23)32-16-14-20(15-17-32)33-22-11-7-6-10-21(22)28-27(33)35/h3-13,18,20,25H,14-17H2,1-2H3,(H,28,35)/t18-,25?/m0/s1. The number of likely N-dealkylation sites (tertiary alicyclic amines) is 1. The summed E-state index contributed by atoms with van der Waals surface area (Å²) < 4.78 is 5.19. The van der Waals surface area contributed by atoms with Gasteiger partial charge in [-0.05, 0) is 66.3 Å². The Labute approximate surface area is 223 Å². The molecule has 4 heterocycles. The highest BCUT2D eigenvalue weighted by molar-refractivity contribution is 8.00. The van der Waals surface area contributed by atoms with E-state index in [-0.39, 0.29) is 23.8 Å². The second-order valence-corrected chi connectivity index (χ2v) is 11.6. The maximum Gasteiger partial charge on any atom is 0.326 e. The molecule has 3 aromatic heterocycles. The molecule has 0 amide bonds. The number of nitrogens with one attached hydrogen (secondary N) is 1. The van der Waals surface area contributed by atoms with Crippen LogP contribution in [0.2, 0.25) is 0 Å². The maximum absolute atomic E-state index is 12.8. The predicted molar refractivity (Wildman–Crippen MR) is 148 cm³/mol. The summed E-state index contributed by atoms with van der Waals surface area (Å²) in [6.07, 6.45) is 3.88. The third-order valence-electron chi connectivity index (χ3n) is 7.34. The second kappa shape index (κ2) is 10.3. The number of para-hydroxylation sites is 2. The molecule has 8 nitrogen and oxygen atoms in total. The molecule has 1 saturated heterocycles. The van der Waals surface area contributed by atoms with Crippen LogP contribution >= 0.6 is 23.1 Å². The van der Waals surface area contributed by atoms with Gasteiger partial charge in [0.2, 0.25) is 0 Å². The van der Waals surface area contributed by atoms with Crippen molar-refractivity contribution in [1.29, 1.82) is 0 Å². The van der Waals surface area contributed by atoms with Crippen LogP contribution in [0.5, 0.6) is 0 Å². The van der Waals surface area contributed by atoms with E-state index in [9.17, 15) is 4.79 Å². The van der Waals surface area contributed by atoms with Gasteiger partial charge < -0.3 is 4.98 Å². The van der Waals surface area contributed by atoms with Crippen molar-refractivity contribution in [3.05, 3.63) is 93.5 Å². The van der Waals surface area contributed by atoms with Crippen molar-refractivity contribution in [3.8, 4) is 0 Å². The SMILES string of the molecule is CSc1ccc(C(c2nnnn2[C@@H](C)c2ccccc2)N2CCC(n3c(=O)[nH]c4ccccc43)CC2)s1. The Hall–Kier alpha value is -3.21. The Morgan fingerprint density at radius 1 is 1.03 bits per heavy atom. The average Bonchev–Trinajstić information content (AvgIpc) is 3.68. The quantitative estimate of drug-likeness (QED) is 0.293. The highest BCUT2D eigenvalue weighted by atomic mass is 32.2. The lowest BCUT2D eigenvalue weighted by Gasteiger charge is -2.37. The van der Waals surface area contributed by atoms with E-state index in [2.05, 4.69) is 75.0 Å². The van der Waals surface area contributed by atoms with Crippen LogP contribution in [0.25, 0.3) is 11.0 Å². The topological polar surface area (TPSA) is 84.6 Å². The monoisotopic (exact) mass is 531 g/mol. The van der Waals surface area contributed by atoms with Crippen LogP contribution < -0.4 is 5.69 Å². The first-order valence-corrected chi connectivity index (χ1v) is 14.6. The number of tetrazole rings is 1. The number of fused-ring (bicyclic) bond motifs is 1. The van der Waals surface area contributed by atoms with Gasteiger partial charge in [0.15, 0.2) is 5.82 Å². The molecule has 1 fully saturated rings. The number of hydrogen-bond donors (Lipinski definition) is 1. The molecule has 2 atom stereocenters. The minimum Gasteiger partial charge on any atom is -0.306 e. The van der Waals surface area contributed by atoms with Gasteiger partial charge in [0.05, 0.1) is 21.3 Å². The van der Waals surface area contributed by atoms with Gasteiger partial charge >= 0.3 is 5.69 Å². The van der Waals surface area contributed by atoms with Gasteiger partial charge in [-0.1, -0.05) is 42.5 Å². The number of aromatic amines is 1. The second-order valence-electron chi connectivity index (χ2n) is 9.42. The van der Waals surface area contributed by atoms with Crippen molar-refractivity contribution in [3.63, 3.8) is 0 Å². The zero-order chi connectivity index (χ0) is 25.4. The van der Waals surface area contributed by atoms with Crippen LogP contribution in [-0.2, 0) is 0 Å². The molecule has 10 heteroatoms. The van der Waals surface area contributed by atoms with Crippen molar-refractivity contribution in [2.75, 3.05) is 19.3 Å². The fourth-order valence-corrected chi connectivity index (χ4v) is 7.13. The van der Waals surface area contributed by atoms with Gasteiger partial charge in [0.25, 0.3) is 0 Å². The largest absolute Gasteiger partial charge is 0.326 e. The molecular weight excluding hydrogens is 502 g/mol. The molecule has 6 rings (SSSR count). The average molecular weight is 532 g/mol. The molecule has 5 aromatic rings. The molecule has 37 heavy (non-hydrogen) atoms. The van der Waals surface area contributed by atoms with Crippen LogP contribution in [-0.4, -0.2) is 54.0 Å². The number of nitrogens with zero attached hydrogens (tertiary/aromatic N) is 6. The van der Waals surface area contributed by atoms with Crippen LogP contribution in [0.4, 0.5) is 0 Å². The van der Waals surface area contributed by atoms with Gasteiger partial charge in [0, 0.05) is 24.0 Å².